The molecule has 0 rings (SSSR count). The van der Waals surface area contributed by atoms with Crippen molar-refractivity contribution in [1.82, 2.24) is 0 Å². The Morgan fingerprint density at radius 1 is 0.436 bits per heavy atom. The van der Waals surface area contributed by atoms with Crippen molar-refractivity contribution in [1.29, 1.82) is 0 Å². The lowest BCUT2D eigenvalue weighted by atomic mass is 10.0. The number of allylic oxidation sites excluding steroid dienone is 4. The molecule has 1 atom stereocenters. The molecule has 55 heavy (non-hydrogen) atoms. The first-order valence-electron chi connectivity index (χ1n) is 24.9. The number of rotatable bonds is 47. The number of unbranched alkanes of at least 4 members (excludes halogenated alkanes) is 35. The Hall–Kier alpha value is -1.13. The standard InChI is InChI=1S/C51H98O4/c1-3-5-7-9-11-13-15-17-19-21-23-25-27-29-31-33-35-37-39-41-43-45-47-54-49-50(48-52)55-51(53)46-44-42-40-38-36-34-32-30-28-26-24-22-20-18-16-14-12-10-8-6-4-2/h15,17,21,23,50,52H,3-14,16,18-20,22,24-49H2,1-2H3/b17-15-,23-21-. The lowest BCUT2D eigenvalue weighted by Crippen LogP contribution is -2.27. The van der Waals surface area contributed by atoms with Crippen LogP contribution in [0.5, 0.6) is 0 Å². The predicted molar refractivity (Wildman–Crippen MR) is 242 cm³/mol. The molecule has 326 valence electrons. The van der Waals surface area contributed by atoms with E-state index in [0.717, 1.165) is 25.7 Å². The molecule has 1 unspecified atom stereocenters. The number of aliphatic hydroxyl groups excluding tert-OH is 1. The third-order valence-electron chi connectivity index (χ3n) is 11.3. The van der Waals surface area contributed by atoms with Gasteiger partial charge in [-0.25, -0.2) is 0 Å². The van der Waals surface area contributed by atoms with Crippen LogP contribution in [0.4, 0.5) is 0 Å². The SMILES string of the molecule is CCCCCCC/C=C\C/C=C\CCCCCCCCCCCCOCC(CO)OC(=O)CCCCCCCCCCCCCCCCCCCCCCC. The summed E-state index contributed by atoms with van der Waals surface area (Å²) in [6.45, 7) is 5.38. The molecule has 0 bridgehead atoms. The van der Waals surface area contributed by atoms with Gasteiger partial charge in [0.15, 0.2) is 0 Å². The van der Waals surface area contributed by atoms with Gasteiger partial charge in [0.2, 0.25) is 0 Å². The molecule has 0 aliphatic rings. The molecule has 4 nitrogen and oxygen atoms in total. The van der Waals surface area contributed by atoms with Crippen molar-refractivity contribution in [2.24, 2.45) is 0 Å². The number of carbonyl (C=O) groups is 1. The van der Waals surface area contributed by atoms with Gasteiger partial charge in [-0.15, -0.1) is 0 Å². The number of hydrogen-bond donors (Lipinski definition) is 1. The second-order valence-corrected chi connectivity index (χ2v) is 16.9. The van der Waals surface area contributed by atoms with E-state index in [4.69, 9.17) is 9.47 Å². The molecular weight excluding hydrogens is 677 g/mol. The molecule has 0 aromatic carbocycles. The maximum Gasteiger partial charge on any atom is 0.306 e. The number of aliphatic hydroxyl groups is 1. The summed E-state index contributed by atoms with van der Waals surface area (Å²) in [5.41, 5.74) is 0. The summed E-state index contributed by atoms with van der Waals surface area (Å²) < 4.78 is 11.2. The third kappa shape index (κ3) is 47.1. The van der Waals surface area contributed by atoms with E-state index in [1.807, 2.05) is 0 Å². The Labute approximate surface area is 345 Å². The Morgan fingerprint density at radius 3 is 1.13 bits per heavy atom. The molecule has 1 N–H and O–H groups in total. The quantitative estimate of drug-likeness (QED) is 0.0380. The topological polar surface area (TPSA) is 55.8 Å². The van der Waals surface area contributed by atoms with E-state index in [0.29, 0.717) is 19.6 Å². The zero-order chi connectivity index (χ0) is 39.8. The minimum atomic E-state index is -0.532. The van der Waals surface area contributed by atoms with Gasteiger partial charge in [0.1, 0.15) is 6.10 Å². The summed E-state index contributed by atoms with van der Waals surface area (Å²) in [6, 6.07) is 0. The van der Waals surface area contributed by atoms with E-state index in [-0.39, 0.29) is 12.6 Å². The van der Waals surface area contributed by atoms with Crippen molar-refractivity contribution in [3.05, 3.63) is 24.3 Å². The van der Waals surface area contributed by atoms with Crippen LogP contribution in [-0.2, 0) is 14.3 Å². The maximum absolute atomic E-state index is 12.3. The first kappa shape index (κ1) is 53.9. The van der Waals surface area contributed by atoms with Gasteiger partial charge in [0.05, 0.1) is 13.2 Å². The molecule has 0 spiro atoms. The fourth-order valence-electron chi connectivity index (χ4n) is 7.54. The van der Waals surface area contributed by atoms with E-state index in [1.165, 1.54) is 225 Å². The average molecular weight is 775 g/mol. The highest BCUT2D eigenvalue weighted by atomic mass is 16.6. The van der Waals surface area contributed by atoms with E-state index >= 15 is 0 Å². The van der Waals surface area contributed by atoms with E-state index in [2.05, 4.69) is 38.2 Å². The van der Waals surface area contributed by atoms with Crippen LogP contribution in [0.25, 0.3) is 0 Å². The van der Waals surface area contributed by atoms with Gasteiger partial charge in [0.25, 0.3) is 0 Å². The van der Waals surface area contributed by atoms with Crippen molar-refractivity contribution in [2.45, 2.75) is 277 Å². The molecule has 0 heterocycles. The molecule has 0 aliphatic carbocycles. The molecule has 0 aromatic rings. The van der Waals surface area contributed by atoms with Gasteiger partial charge in [-0.2, -0.15) is 0 Å². The Bertz CT molecular complexity index is 777. The summed E-state index contributed by atoms with van der Waals surface area (Å²) in [5.74, 6) is -0.195. The molecule has 0 radical (unpaired) electrons. The fraction of sp³-hybridized carbons (Fsp3) is 0.902. The predicted octanol–water partition coefficient (Wildman–Crippen LogP) is 16.7. The van der Waals surface area contributed by atoms with Crippen LogP contribution in [-0.4, -0.2) is 37.0 Å². The number of hydrogen-bond acceptors (Lipinski definition) is 4. The smallest absolute Gasteiger partial charge is 0.306 e. The largest absolute Gasteiger partial charge is 0.457 e. The summed E-state index contributed by atoms with van der Waals surface area (Å²) in [7, 11) is 0. The molecule has 0 saturated carbocycles. The van der Waals surface area contributed by atoms with Crippen molar-refractivity contribution >= 4 is 5.97 Å². The molecule has 4 heteroatoms. The van der Waals surface area contributed by atoms with Crippen LogP contribution < -0.4 is 0 Å². The zero-order valence-corrected chi connectivity index (χ0v) is 37.5. The highest BCUT2D eigenvalue weighted by Gasteiger charge is 2.13. The maximum atomic E-state index is 12.3. The van der Waals surface area contributed by atoms with Crippen LogP contribution in [0.3, 0.4) is 0 Å². The molecule has 0 saturated heterocycles. The fourth-order valence-corrected chi connectivity index (χ4v) is 7.54. The van der Waals surface area contributed by atoms with Crippen molar-refractivity contribution in [3.8, 4) is 0 Å². The number of carbonyl (C=O) groups excluding carboxylic acids is 1. The normalized spacial score (nSPS) is 12.4. The van der Waals surface area contributed by atoms with Gasteiger partial charge >= 0.3 is 5.97 Å². The summed E-state index contributed by atoms with van der Waals surface area (Å²) >= 11 is 0. The van der Waals surface area contributed by atoms with Crippen molar-refractivity contribution in [3.63, 3.8) is 0 Å². The minimum Gasteiger partial charge on any atom is -0.457 e. The third-order valence-corrected chi connectivity index (χ3v) is 11.3. The average Bonchev–Trinajstić information content (AvgIpc) is 3.19. The molecular formula is C51H98O4. The first-order chi connectivity index (χ1) is 27.2. The first-order valence-corrected chi connectivity index (χ1v) is 24.9. The molecule has 0 aromatic heterocycles. The van der Waals surface area contributed by atoms with Gasteiger partial charge < -0.3 is 14.6 Å². The van der Waals surface area contributed by atoms with Crippen molar-refractivity contribution in [2.75, 3.05) is 19.8 Å². The van der Waals surface area contributed by atoms with Crippen LogP contribution in [0.2, 0.25) is 0 Å². The second kappa shape index (κ2) is 49.0. The zero-order valence-electron chi connectivity index (χ0n) is 37.5. The van der Waals surface area contributed by atoms with Crippen LogP contribution in [0.15, 0.2) is 24.3 Å². The summed E-state index contributed by atoms with van der Waals surface area (Å²) in [6.07, 6.45) is 61.2. The molecule has 0 fully saturated rings. The second-order valence-electron chi connectivity index (χ2n) is 16.9. The van der Waals surface area contributed by atoms with E-state index in [9.17, 15) is 9.90 Å². The minimum absolute atomic E-state index is 0.168. The monoisotopic (exact) mass is 775 g/mol. The molecule has 0 aliphatic heterocycles. The number of ether oxygens (including phenoxy) is 2. The van der Waals surface area contributed by atoms with Crippen molar-refractivity contribution < 1.29 is 19.4 Å². The van der Waals surface area contributed by atoms with Gasteiger partial charge in [-0.3, -0.25) is 4.79 Å². The Balaban J connectivity index is 3.37. The van der Waals surface area contributed by atoms with Gasteiger partial charge in [-0.1, -0.05) is 244 Å². The van der Waals surface area contributed by atoms with E-state index < -0.39 is 6.10 Å². The van der Waals surface area contributed by atoms with Crippen LogP contribution in [0, 0.1) is 0 Å². The Morgan fingerprint density at radius 2 is 0.764 bits per heavy atom. The van der Waals surface area contributed by atoms with Gasteiger partial charge in [0, 0.05) is 13.0 Å². The Kier molecular flexibility index (Phi) is 48.0. The highest BCUT2D eigenvalue weighted by Crippen LogP contribution is 2.16. The van der Waals surface area contributed by atoms with E-state index in [1.54, 1.807) is 0 Å². The highest BCUT2D eigenvalue weighted by molar-refractivity contribution is 5.69. The summed E-state index contributed by atoms with van der Waals surface area (Å²) in [4.78, 5) is 12.3. The van der Waals surface area contributed by atoms with Gasteiger partial charge in [-0.05, 0) is 44.9 Å². The van der Waals surface area contributed by atoms with Crippen LogP contribution in [0.1, 0.15) is 271 Å². The lowest BCUT2D eigenvalue weighted by Gasteiger charge is -2.16. The summed E-state index contributed by atoms with van der Waals surface area (Å²) in [5, 5.41) is 9.64. The lowest BCUT2D eigenvalue weighted by molar-refractivity contribution is -0.154. The van der Waals surface area contributed by atoms with Crippen LogP contribution >= 0.6 is 0 Å². The molecule has 0 amide bonds. The number of esters is 1.